The third kappa shape index (κ3) is 4.17. The van der Waals surface area contributed by atoms with Crippen LogP contribution in [-0.2, 0) is 22.6 Å². The molecule has 0 saturated carbocycles. The summed E-state index contributed by atoms with van der Waals surface area (Å²) in [6, 6.07) is 7.93. The van der Waals surface area contributed by atoms with Crippen molar-refractivity contribution in [2.45, 2.75) is 38.9 Å². The number of carbonyl (C=O) groups excluding carboxylic acids is 1. The summed E-state index contributed by atoms with van der Waals surface area (Å²) in [4.78, 5) is 12.9. The summed E-state index contributed by atoms with van der Waals surface area (Å²) in [7, 11) is 1.67. The number of benzene rings is 1. The molecule has 3 rings (SSSR count). The second-order valence-electron chi connectivity index (χ2n) is 6.29. The topological polar surface area (TPSA) is 77.7 Å². The molecule has 1 aromatic carbocycles. The molecular formula is C18H23N3O4. The van der Waals surface area contributed by atoms with Gasteiger partial charge in [0.2, 0.25) is 17.7 Å². The first-order valence-corrected chi connectivity index (χ1v) is 8.38. The van der Waals surface area contributed by atoms with Crippen molar-refractivity contribution < 1.29 is 18.7 Å². The van der Waals surface area contributed by atoms with E-state index >= 15 is 0 Å². The fraction of sp³-hybridized carbons (Fsp3) is 0.500. The van der Waals surface area contributed by atoms with Gasteiger partial charge in [0, 0.05) is 26.4 Å². The van der Waals surface area contributed by atoms with Gasteiger partial charge in [0.1, 0.15) is 12.4 Å². The van der Waals surface area contributed by atoms with Crippen LogP contribution in [0.15, 0.2) is 28.7 Å². The molecule has 0 spiro atoms. The monoisotopic (exact) mass is 345 g/mol. The Labute approximate surface area is 146 Å². The minimum atomic E-state index is 0.0479. The van der Waals surface area contributed by atoms with Crippen LogP contribution in [0.5, 0.6) is 5.75 Å². The molecule has 1 saturated heterocycles. The number of methoxy groups -OCH3 is 1. The Balaban J connectivity index is 1.51. The van der Waals surface area contributed by atoms with Crippen molar-refractivity contribution in [3.05, 3.63) is 41.6 Å². The Morgan fingerprint density at radius 2 is 2.04 bits per heavy atom. The largest absolute Gasteiger partial charge is 0.496 e. The first-order chi connectivity index (χ1) is 12.1. The van der Waals surface area contributed by atoms with Gasteiger partial charge < -0.3 is 18.8 Å². The zero-order valence-electron chi connectivity index (χ0n) is 14.8. The smallest absolute Gasteiger partial charge is 0.242 e. The zero-order chi connectivity index (χ0) is 17.8. The third-order valence-electron chi connectivity index (χ3n) is 4.40. The van der Waals surface area contributed by atoms with E-state index in [-0.39, 0.29) is 24.5 Å². The van der Waals surface area contributed by atoms with E-state index in [4.69, 9.17) is 13.9 Å². The van der Waals surface area contributed by atoms with Crippen molar-refractivity contribution >= 4 is 5.91 Å². The van der Waals surface area contributed by atoms with Crippen LogP contribution in [0.1, 0.15) is 37.1 Å². The number of likely N-dealkylation sites (tertiary alicyclic amines) is 1. The number of carbonyl (C=O) groups is 1. The number of amides is 1. The summed E-state index contributed by atoms with van der Waals surface area (Å²) < 4.78 is 16.8. The SMILES string of the molecule is COc1ccccc1C(C)Cc1nnc(COC2CN(C(C)=O)C2)o1. The van der Waals surface area contributed by atoms with Crippen LogP contribution in [0.2, 0.25) is 0 Å². The fourth-order valence-electron chi connectivity index (χ4n) is 2.86. The second-order valence-corrected chi connectivity index (χ2v) is 6.29. The number of rotatable bonds is 7. The molecule has 1 fully saturated rings. The van der Waals surface area contributed by atoms with E-state index in [0.29, 0.717) is 31.3 Å². The molecule has 7 nitrogen and oxygen atoms in total. The zero-order valence-corrected chi connectivity index (χ0v) is 14.8. The Kier molecular flexibility index (Phi) is 5.33. The van der Waals surface area contributed by atoms with E-state index in [0.717, 1.165) is 11.3 Å². The highest BCUT2D eigenvalue weighted by Crippen LogP contribution is 2.28. The van der Waals surface area contributed by atoms with Crippen molar-refractivity contribution in [2.24, 2.45) is 0 Å². The molecule has 1 aromatic heterocycles. The molecule has 2 heterocycles. The van der Waals surface area contributed by atoms with Gasteiger partial charge in [-0.25, -0.2) is 0 Å². The van der Waals surface area contributed by atoms with Crippen LogP contribution >= 0.6 is 0 Å². The number of para-hydroxylation sites is 1. The van der Waals surface area contributed by atoms with Gasteiger partial charge in [-0.2, -0.15) is 0 Å². The Morgan fingerprint density at radius 1 is 1.32 bits per heavy atom. The van der Waals surface area contributed by atoms with Crippen LogP contribution in [-0.4, -0.2) is 47.3 Å². The molecule has 134 valence electrons. The lowest BCUT2D eigenvalue weighted by molar-refractivity contribution is -0.143. The van der Waals surface area contributed by atoms with E-state index in [9.17, 15) is 4.79 Å². The first-order valence-electron chi connectivity index (χ1n) is 8.38. The van der Waals surface area contributed by atoms with E-state index < -0.39 is 0 Å². The minimum absolute atomic E-state index is 0.0479. The molecule has 25 heavy (non-hydrogen) atoms. The summed E-state index contributed by atoms with van der Waals surface area (Å²) in [5.41, 5.74) is 1.11. The maximum Gasteiger partial charge on any atom is 0.242 e. The van der Waals surface area contributed by atoms with Gasteiger partial charge in [0.15, 0.2) is 0 Å². The lowest BCUT2D eigenvalue weighted by atomic mass is 9.97. The fourth-order valence-corrected chi connectivity index (χ4v) is 2.86. The van der Waals surface area contributed by atoms with Gasteiger partial charge in [-0.15, -0.1) is 10.2 Å². The van der Waals surface area contributed by atoms with Gasteiger partial charge in [-0.05, 0) is 17.5 Å². The third-order valence-corrected chi connectivity index (χ3v) is 4.40. The molecule has 2 aromatic rings. The summed E-state index contributed by atoms with van der Waals surface area (Å²) in [6.45, 7) is 5.18. The number of nitrogens with zero attached hydrogens (tertiary/aromatic N) is 3. The summed E-state index contributed by atoms with van der Waals surface area (Å²) in [5.74, 6) is 2.17. The van der Waals surface area contributed by atoms with Gasteiger partial charge >= 0.3 is 0 Å². The molecule has 0 aliphatic carbocycles. The van der Waals surface area contributed by atoms with Crippen molar-refractivity contribution in [3.63, 3.8) is 0 Å². The standard InChI is InChI=1S/C18H23N3O4/c1-12(15-6-4-5-7-16(15)23-3)8-17-19-20-18(25-17)11-24-14-9-21(10-14)13(2)22/h4-7,12,14H,8-11H2,1-3H3. The number of hydrogen-bond donors (Lipinski definition) is 0. The van der Waals surface area contributed by atoms with Crippen molar-refractivity contribution in [1.82, 2.24) is 15.1 Å². The Bertz CT molecular complexity index is 725. The predicted molar refractivity (Wildman–Crippen MR) is 90.2 cm³/mol. The summed E-state index contributed by atoms with van der Waals surface area (Å²) in [5, 5.41) is 8.14. The lowest BCUT2D eigenvalue weighted by Crippen LogP contribution is -2.53. The first kappa shape index (κ1) is 17.4. The molecule has 0 radical (unpaired) electrons. The average molecular weight is 345 g/mol. The molecule has 0 N–H and O–H groups in total. The van der Waals surface area contributed by atoms with Crippen molar-refractivity contribution in [2.75, 3.05) is 20.2 Å². The molecule has 7 heteroatoms. The maximum absolute atomic E-state index is 11.1. The summed E-state index contributed by atoms with van der Waals surface area (Å²) >= 11 is 0. The quantitative estimate of drug-likeness (QED) is 0.765. The van der Waals surface area contributed by atoms with Gasteiger partial charge in [-0.1, -0.05) is 25.1 Å². The molecule has 0 bridgehead atoms. The Hall–Kier alpha value is -2.41. The van der Waals surface area contributed by atoms with E-state index in [2.05, 4.69) is 17.1 Å². The van der Waals surface area contributed by atoms with Gasteiger partial charge in [-0.3, -0.25) is 4.79 Å². The van der Waals surface area contributed by atoms with E-state index in [1.807, 2.05) is 24.3 Å². The molecule has 1 amide bonds. The Morgan fingerprint density at radius 3 is 2.76 bits per heavy atom. The minimum Gasteiger partial charge on any atom is -0.496 e. The van der Waals surface area contributed by atoms with Crippen LogP contribution < -0.4 is 4.74 Å². The maximum atomic E-state index is 11.1. The number of aromatic nitrogens is 2. The molecule has 1 aliphatic rings. The van der Waals surface area contributed by atoms with Crippen LogP contribution in [0.3, 0.4) is 0 Å². The molecule has 1 aliphatic heterocycles. The predicted octanol–water partition coefficient (Wildman–Crippen LogP) is 2.17. The van der Waals surface area contributed by atoms with Crippen LogP contribution in [0.25, 0.3) is 0 Å². The normalized spacial score (nSPS) is 15.7. The lowest BCUT2D eigenvalue weighted by Gasteiger charge is -2.37. The summed E-state index contributed by atoms with van der Waals surface area (Å²) in [6.07, 6.45) is 0.682. The highest BCUT2D eigenvalue weighted by Gasteiger charge is 2.29. The second kappa shape index (κ2) is 7.65. The van der Waals surface area contributed by atoms with Crippen molar-refractivity contribution in [1.29, 1.82) is 0 Å². The van der Waals surface area contributed by atoms with Crippen molar-refractivity contribution in [3.8, 4) is 5.75 Å². The highest BCUT2D eigenvalue weighted by atomic mass is 16.5. The average Bonchev–Trinajstić information content (AvgIpc) is 3.00. The number of hydrogen-bond acceptors (Lipinski definition) is 6. The van der Waals surface area contributed by atoms with E-state index in [1.165, 1.54) is 0 Å². The van der Waals surface area contributed by atoms with Crippen LogP contribution in [0.4, 0.5) is 0 Å². The van der Waals surface area contributed by atoms with Crippen LogP contribution in [0, 0.1) is 0 Å². The number of ether oxygens (including phenoxy) is 2. The van der Waals surface area contributed by atoms with E-state index in [1.54, 1.807) is 18.9 Å². The van der Waals surface area contributed by atoms with Gasteiger partial charge in [0.05, 0.1) is 13.2 Å². The van der Waals surface area contributed by atoms with Gasteiger partial charge in [0.25, 0.3) is 0 Å². The highest BCUT2D eigenvalue weighted by molar-refractivity contribution is 5.74. The molecule has 1 unspecified atom stereocenters. The molecular weight excluding hydrogens is 322 g/mol. The molecule has 1 atom stereocenters.